The first-order valence-electron chi connectivity index (χ1n) is 7.65. The fourth-order valence-corrected chi connectivity index (χ4v) is 4.07. The summed E-state index contributed by atoms with van der Waals surface area (Å²) < 4.78 is 31.7. The monoisotopic (exact) mass is 375 g/mol. The first-order chi connectivity index (χ1) is 11.4. The third-order valence-corrected chi connectivity index (χ3v) is 6.21. The lowest BCUT2D eigenvalue weighted by Crippen LogP contribution is -2.51. The lowest BCUT2D eigenvalue weighted by molar-refractivity contribution is -0.134. The summed E-state index contributed by atoms with van der Waals surface area (Å²) in [5.74, 6) is -0.0733. The van der Waals surface area contributed by atoms with E-state index in [1.54, 1.807) is 17.0 Å². The molecule has 0 spiro atoms. The zero-order chi connectivity index (χ0) is 17.7. The molecule has 0 saturated carbocycles. The minimum atomic E-state index is -3.57. The second-order valence-electron chi connectivity index (χ2n) is 5.54. The second kappa shape index (κ2) is 8.26. The molecule has 0 aliphatic carbocycles. The van der Waals surface area contributed by atoms with Crippen LogP contribution < -0.4 is 5.73 Å². The summed E-state index contributed by atoms with van der Waals surface area (Å²) >= 11 is 5.80. The van der Waals surface area contributed by atoms with Crippen LogP contribution in [0, 0.1) is 0 Å². The predicted molar refractivity (Wildman–Crippen MR) is 91.3 cm³/mol. The Hall–Kier alpha value is -1.19. The van der Waals surface area contributed by atoms with Crippen LogP contribution in [0.1, 0.15) is 6.42 Å². The zero-order valence-corrected chi connectivity index (χ0v) is 15.1. The standard InChI is InChI=1S/C15H22ClN3O4S/c1-23-13(11-17)10-15(20)18-6-8-19(9-7-18)24(21,22)14-4-2-12(16)3-5-14/h2-5,13H,6-11,17H2,1H3. The van der Waals surface area contributed by atoms with Crippen LogP contribution in [0.5, 0.6) is 0 Å². The van der Waals surface area contributed by atoms with E-state index in [1.165, 1.54) is 23.5 Å². The van der Waals surface area contributed by atoms with Gasteiger partial charge in [-0.1, -0.05) is 11.6 Å². The highest BCUT2D eigenvalue weighted by Gasteiger charge is 2.30. The van der Waals surface area contributed by atoms with E-state index < -0.39 is 10.0 Å². The van der Waals surface area contributed by atoms with Crippen LogP contribution in [0.4, 0.5) is 0 Å². The van der Waals surface area contributed by atoms with E-state index in [0.29, 0.717) is 18.1 Å². The molecular weight excluding hydrogens is 354 g/mol. The van der Waals surface area contributed by atoms with Gasteiger partial charge >= 0.3 is 0 Å². The molecule has 1 unspecified atom stereocenters. The van der Waals surface area contributed by atoms with Crippen LogP contribution in [-0.4, -0.2) is 69.5 Å². The molecule has 1 amide bonds. The number of hydrogen-bond donors (Lipinski definition) is 1. The van der Waals surface area contributed by atoms with Crippen molar-refractivity contribution in [3.63, 3.8) is 0 Å². The van der Waals surface area contributed by atoms with Crippen molar-refractivity contribution in [2.45, 2.75) is 17.4 Å². The van der Waals surface area contributed by atoms with Gasteiger partial charge in [0, 0.05) is 44.9 Å². The predicted octanol–water partition coefficient (Wildman–Crippen LogP) is 0.537. The third kappa shape index (κ3) is 4.46. The highest BCUT2D eigenvalue weighted by atomic mass is 35.5. The molecule has 24 heavy (non-hydrogen) atoms. The molecule has 1 atom stereocenters. The summed E-state index contributed by atoms with van der Waals surface area (Å²) in [5, 5.41) is 0.483. The van der Waals surface area contributed by atoms with Gasteiger partial charge in [-0.05, 0) is 24.3 Å². The van der Waals surface area contributed by atoms with Gasteiger partial charge in [-0.3, -0.25) is 4.79 Å². The molecule has 1 aliphatic rings. The molecule has 0 radical (unpaired) electrons. The van der Waals surface area contributed by atoms with Crippen molar-refractivity contribution in [1.29, 1.82) is 0 Å². The number of amides is 1. The Morgan fingerprint density at radius 1 is 1.25 bits per heavy atom. The van der Waals surface area contributed by atoms with Crippen molar-refractivity contribution in [3.05, 3.63) is 29.3 Å². The van der Waals surface area contributed by atoms with E-state index in [-0.39, 0.29) is 43.0 Å². The number of hydrogen-bond acceptors (Lipinski definition) is 5. The summed E-state index contributed by atoms with van der Waals surface area (Å²) in [7, 11) is -2.05. The number of nitrogens with zero attached hydrogens (tertiary/aromatic N) is 2. The number of carbonyl (C=O) groups is 1. The number of piperazine rings is 1. The van der Waals surface area contributed by atoms with Crippen LogP contribution in [0.25, 0.3) is 0 Å². The van der Waals surface area contributed by atoms with Gasteiger partial charge in [-0.2, -0.15) is 4.31 Å². The van der Waals surface area contributed by atoms with Gasteiger partial charge in [-0.25, -0.2) is 8.42 Å². The number of benzene rings is 1. The van der Waals surface area contributed by atoms with Crippen LogP contribution in [0.15, 0.2) is 29.2 Å². The van der Waals surface area contributed by atoms with Gasteiger partial charge in [-0.15, -0.1) is 0 Å². The normalized spacial score (nSPS) is 17.7. The molecule has 1 aromatic carbocycles. The quantitative estimate of drug-likeness (QED) is 0.783. The van der Waals surface area contributed by atoms with Crippen molar-refractivity contribution in [3.8, 4) is 0 Å². The molecule has 2 N–H and O–H groups in total. The Morgan fingerprint density at radius 3 is 2.33 bits per heavy atom. The molecule has 134 valence electrons. The van der Waals surface area contributed by atoms with Crippen molar-refractivity contribution in [1.82, 2.24) is 9.21 Å². The van der Waals surface area contributed by atoms with Gasteiger partial charge in [0.25, 0.3) is 0 Å². The Kier molecular flexibility index (Phi) is 6.59. The number of rotatable bonds is 6. The molecule has 1 saturated heterocycles. The molecule has 1 heterocycles. The molecule has 9 heteroatoms. The zero-order valence-electron chi connectivity index (χ0n) is 13.5. The smallest absolute Gasteiger partial charge is 0.243 e. The topological polar surface area (TPSA) is 92.9 Å². The highest BCUT2D eigenvalue weighted by molar-refractivity contribution is 7.89. The Balaban J connectivity index is 1.97. The number of nitrogens with two attached hydrogens (primary N) is 1. The summed E-state index contributed by atoms with van der Waals surface area (Å²) in [5.41, 5.74) is 5.52. The average Bonchev–Trinajstić information content (AvgIpc) is 2.60. The van der Waals surface area contributed by atoms with Gasteiger partial charge < -0.3 is 15.4 Å². The van der Waals surface area contributed by atoms with Crippen LogP contribution >= 0.6 is 11.6 Å². The van der Waals surface area contributed by atoms with Crippen molar-refractivity contribution in [2.75, 3.05) is 39.8 Å². The molecule has 2 rings (SSSR count). The van der Waals surface area contributed by atoms with Crippen molar-refractivity contribution < 1.29 is 17.9 Å². The lowest BCUT2D eigenvalue weighted by atomic mass is 10.2. The van der Waals surface area contributed by atoms with Crippen LogP contribution in [0.2, 0.25) is 5.02 Å². The summed E-state index contributed by atoms with van der Waals surface area (Å²) in [6.45, 7) is 1.50. The van der Waals surface area contributed by atoms with Crippen molar-refractivity contribution in [2.24, 2.45) is 5.73 Å². The Bertz CT molecular complexity index is 654. The summed E-state index contributed by atoms with van der Waals surface area (Å²) in [4.78, 5) is 14.0. The number of ether oxygens (including phenoxy) is 1. The maximum absolute atomic E-state index is 12.6. The van der Waals surface area contributed by atoms with E-state index in [0.717, 1.165) is 0 Å². The first-order valence-corrected chi connectivity index (χ1v) is 9.46. The molecule has 0 aromatic heterocycles. The van der Waals surface area contributed by atoms with Crippen LogP contribution in [0.3, 0.4) is 0 Å². The molecule has 1 fully saturated rings. The van der Waals surface area contributed by atoms with E-state index >= 15 is 0 Å². The molecule has 1 aromatic rings. The average molecular weight is 376 g/mol. The second-order valence-corrected chi connectivity index (χ2v) is 7.91. The molecule has 0 bridgehead atoms. The minimum Gasteiger partial charge on any atom is -0.380 e. The largest absolute Gasteiger partial charge is 0.380 e. The fourth-order valence-electron chi connectivity index (χ4n) is 2.52. The maximum Gasteiger partial charge on any atom is 0.243 e. The van der Waals surface area contributed by atoms with Gasteiger partial charge in [0.05, 0.1) is 17.4 Å². The fraction of sp³-hybridized carbons (Fsp3) is 0.533. The van der Waals surface area contributed by atoms with Crippen LogP contribution in [-0.2, 0) is 19.6 Å². The van der Waals surface area contributed by atoms with Gasteiger partial charge in [0.1, 0.15) is 0 Å². The lowest BCUT2D eigenvalue weighted by Gasteiger charge is -2.34. The molecule has 7 nitrogen and oxygen atoms in total. The van der Waals surface area contributed by atoms with Gasteiger partial charge in [0.2, 0.25) is 15.9 Å². The number of sulfonamides is 1. The molecule has 1 aliphatic heterocycles. The van der Waals surface area contributed by atoms with E-state index in [2.05, 4.69) is 0 Å². The number of halogens is 1. The van der Waals surface area contributed by atoms with Crippen molar-refractivity contribution >= 4 is 27.5 Å². The Labute approximate surface area is 147 Å². The third-order valence-electron chi connectivity index (χ3n) is 4.04. The van der Waals surface area contributed by atoms with E-state index in [1.807, 2.05) is 0 Å². The maximum atomic E-state index is 12.6. The number of carbonyl (C=O) groups excluding carboxylic acids is 1. The molecular formula is C15H22ClN3O4S. The van der Waals surface area contributed by atoms with E-state index in [4.69, 9.17) is 22.1 Å². The van der Waals surface area contributed by atoms with E-state index in [9.17, 15) is 13.2 Å². The highest BCUT2D eigenvalue weighted by Crippen LogP contribution is 2.20. The summed E-state index contributed by atoms with van der Waals surface area (Å²) in [6.07, 6.45) is -0.106. The minimum absolute atomic E-state index is 0.0733. The van der Waals surface area contributed by atoms with Gasteiger partial charge in [0.15, 0.2) is 0 Å². The summed E-state index contributed by atoms with van der Waals surface area (Å²) in [6, 6.07) is 6.07. The SMILES string of the molecule is COC(CN)CC(=O)N1CCN(S(=O)(=O)c2ccc(Cl)cc2)CC1. The Morgan fingerprint density at radius 2 is 1.83 bits per heavy atom. The number of methoxy groups -OCH3 is 1. The first kappa shape index (κ1) is 19.1.